The van der Waals surface area contributed by atoms with Crippen LogP contribution in [0.25, 0.3) is 10.4 Å². The number of hydrogen-bond donors (Lipinski definition) is 2. The summed E-state index contributed by atoms with van der Waals surface area (Å²) >= 11 is 1.64. The lowest BCUT2D eigenvalue weighted by atomic mass is 9.86. The Labute approximate surface area is 190 Å². The van der Waals surface area contributed by atoms with E-state index in [0.29, 0.717) is 6.04 Å². The third-order valence-corrected chi connectivity index (χ3v) is 6.75. The third kappa shape index (κ3) is 6.61. The fraction of sp³-hybridized carbons (Fsp3) is 0.542. The van der Waals surface area contributed by atoms with E-state index in [4.69, 9.17) is 5.73 Å². The van der Waals surface area contributed by atoms with Crippen LogP contribution >= 0.6 is 11.3 Å². The van der Waals surface area contributed by atoms with Gasteiger partial charge >= 0.3 is 0 Å². The van der Waals surface area contributed by atoms with Crippen LogP contribution in [0.15, 0.2) is 29.8 Å². The molecular weight excluding hydrogens is 408 g/mol. The molecular formula is C24H36N4O2S. The summed E-state index contributed by atoms with van der Waals surface area (Å²) in [5, 5.41) is 2.74. The van der Waals surface area contributed by atoms with Crippen LogP contribution in [0.5, 0.6) is 0 Å². The number of carbonyl (C=O) groups is 2. The molecule has 0 spiro atoms. The Hall–Kier alpha value is -2.25. The van der Waals surface area contributed by atoms with Crippen molar-refractivity contribution in [2.24, 2.45) is 11.1 Å². The Morgan fingerprint density at radius 2 is 1.97 bits per heavy atom. The molecule has 1 aromatic carbocycles. The minimum Gasteiger partial charge on any atom is -0.352 e. The Morgan fingerprint density at radius 3 is 2.42 bits per heavy atom. The highest BCUT2D eigenvalue weighted by atomic mass is 32.1. The predicted molar refractivity (Wildman–Crippen MR) is 128 cm³/mol. The van der Waals surface area contributed by atoms with Gasteiger partial charge in [-0.25, -0.2) is 4.98 Å². The Kier molecular flexibility index (Phi) is 8.77. The monoisotopic (exact) mass is 444 g/mol. The lowest BCUT2D eigenvalue weighted by Gasteiger charge is -2.31. The van der Waals surface area contributed by atoms with E-state index >= 15 is 0 Å². The van der Waals surface area contributed by atoms with Crippen LogP contribution in [0.2, 0.25) is 0 Å². The molecule has 2 amide bonds. The number of hydrogen-bond acceptors (Lipinski definition) is 5. The molecule has 0 bridgehead atoms. The van der Waals surface area contributed by atoms with Crippen molar-refractivity contribution in [3.63, 3.8) is 0 Å². The summed E-state index contributed by atoms with van der Waals surface area (Å²) in [6.07, 6.45) is 2.96. The van der Waals surface area contributed by atoms with Gasteiger partial charge in [0.1, 0.15) is 0 Å². The second kappa shape index (κ2) is 10.9. The van der Waals surface area contributed by atoms with Gasteiger partial charge in [0.25, 0.3) is 0 Å². The summed E-state index contributed by atoms with van der Waals surface area (Å²) in [6.45, 7) is 13.0. The first kappa shape index (κ1) is 25.0. The quantitative estimate of drug-likeness (QED) is 0.673. The van der Waals surface area contributed by atoms with E-state index in [0.717, 1.165) is 37.1 Å². The van der Waals surface area contributed by atoms with E-state index in [1.165, 1.54) is 10.4 Å². The molecule has 31 heavy (non-hydrogen) atoms. The van der Waals surface area contributed by atoms with Gasteiger partial charge in [0, 0.05) is 12.6 Å². The highest BCUT2D eigenvalue weighted by molar-refractivity contribution is 7.13. The summed E-state index contributed by atoms with van der Waals surface area (Å²) in [7, 11) is 0. The van der Waals surface area contributed by atoms with Gasteiger partial charge in [0.05, 0.1) is 28.2 Å². The molecule has 0 radical (unpaired) electrons. The predicted octanol–water partition coefficient (Wildman–Crippen LogP) is 4.30. The molecule has 2 aromatic rings. The molecule has 3 unspecified atom stereocenters. The molecule has 3 rings (SSSR count). The molecule has 0 saturated carbocycles. The molecule has 1 aliphatic heterocycles. The van der Waals surface area contributed by atoms with E-state index in [1.54, 1.807) is 11.3 Å². The number of rotatable bonds is 5. The maximum atomic E-state index is 12.0. The number of amides is 2. The summed E-state index contributed by atoms with van der Waals surface area (Å²) in [4.78, 5) is 29.7. The topological polar surface area (TPSA) is 88.3 Å². The van der Waals surface area contributed by atoms with E-state index < -0.39 is 0 Å². The maximum absolute atomic E-state index is 12.0. The van der Waals surface area contributed by atoms with E-state index in [-0.39, 0.29) is 23.4 Å². The fourth-order valence-corrected chi connectivity index (χ4v) is 4.32. The van der Waals surface area contributed by atoms with Gasteiger partial charge in [-0.15, -0.1) is 11.3 Å². The molecule has 1 aromatic heterocycles. The highest BCUT2D eigenvalue weighted by Crippen LogP contribution is 2.28. The molecule has 6 nitrogen and oxygen atoms in total. The van der Waals surface area contributed by atoms with Crippen LogP contribution in [0.4, 0.5) is 0 Å². The maximum Gasteiger partial charge on any atom is 0.240 e. The molecule has 170 valence electrons. The number of aryl methyl sites for hydroxylation is 1. The van der Waals surface area contributed by atoms with Gasteiger partial charge in [-0.2, -0.15) is 0 Å². The van der Waals surface area contributed by atoms with Gasteiger partial charge in [0.2, 0.25) is 12.3 Å². The molecule has 3 atom stereocenters. The first-order chi connectivity index (χ1) is 14.6. The molecule has 2 heterocycles. The largest absolute Gasteiger partial charge is 0.352 e. The van der Waals surface area contributed by atoms with Crippen molar-refractivity contribution in [3.05, 3.63) is 41.0 Å². The highest BCUT2D eigenvalue weighted by Gasteiger charge is 2.34. The SMILES string of the molecule is CC1CCCN1C(=O)C(N)C(C)(C)C.Cc1ncsc1-c1ccc(C(C)NC=O)cc1. The van der Waals surface area contributed by atoms with Crippen LogP contribution in [0, 0.1) is 12.3 Å². The van der Waals surface area contributed by atoms with Crippen molar-refractivity contribution in [2.75, 3.05) is 6.54 Å². The molecule has 7 heteroatoms. The standard InChI is InChI=1S/C13H14N2OS.C11H22N2O/c1-9(14-7-16)11-3-5-12(6-4-11)13-10(2)15-8-17-13;1-8-6-5-7-13(8)10(14)9(12)11(2,3)4/h3-9H,1-2H3,(H,14,16);8-9H,5-7,12H2,1-4H3. The van der Waals surface area contributed by atoms with Crippen LogP contribution in [-0.2, 0) is 9.59 Å². The third-order valence-electron chi connectivity index (χ3n) is 5.77. The zero-order valence-electron chi connectivity index (χ0n) is 19.5. The lowest BCUT2D eigenvalue weighted by Crippen LogP contribution is -2.51. The number of aromatic nitrogens is 1. The molecule has 1 aliphatic rings. The normalized spacial score (nSPS) is 18.0. The first-order valence-electron chi connectivity index (χ1n) is 10.8. The van der Waals surface area contributed by atoms with Crippen molar-refractivity contribution < 1.29 is 9.59 Å². The minimum absolute atomic E-state index is 0.0455. The van der Waals surface area contributed by atoms with Crippen molar-refractivity contribution in [3.8, 4) is 10.4 Å². The van der Waals surface area contributed by atoms with E-state index in [2.05, 4.69) is 29.4 Å². The zero-order chi connectivity index (χ0) is 23.2. The number of nitrogens with zero attached hydrogens (tertiary/aromatic N) is 2. The van der Waals surface area contributed by atoms with Crippen molar-refractivity contribution >= 4 is 23.7 Å². The Bertz CT molecular complexity index is 853. The van der Waals surface area contributed by atoms with Gasteiger partial charge in [-0.05, 0) is 50.2 Å². The molecule has 1 saturated heterocycles. The van der Waals surface area contributed by atoms with Gasteiger partial charge in [-0.1, -0.05) is 45.0 Å². The van der Waals surface area contributed by atoms with Crippen LogP contribution in [-0.4, -0.2) is 40.8 Å². The van der Waals surface area contributed by atoms with Crippen molar-refractivity contribution in [2.45, 2.75) is 72.5 Å². The minimum atomic E-state index is -0.372. The van der Waals surface area contributed by atoms with Crippen LogP contribution in [0.1, 0.15) is 64.8 Å². The fourth-order valence-electron chi connectivity index (χ4n) is 3.51. The molecule has 1 fully saturated rings. The second-order valence-electron chi connectivity index (χ2n) is 9.26. The second-order valence-corrected chi connectivity index (χ2v) is 10.1. The number of benzene rings is 1. The van der Waals surface area contributed by atoms with Crippen LogP contribution < -0.4 is 11.1 Å². The van der Waals surface area contributed by atoms with E-state index in [1.807, 2.05) is 57.2 Å². The zero-order valence-corrected chi connectivity index (χ0v) is 20.3. The first-order valence-corrected chi connectivity index (χ1v) is 11.7. The van der Waals surface area contributed by atoms with Gasteiger partial charge < -0.3 is 16.0 Å². The summed E-state index contributed by atoms with van der Waals surface area (Å²) in [5.74, 6) is 0.113. The van der Waals surface area contributed by atoms with Crippen LogP contribution in [0.3, 0.4) is 0 Å². The van der Waals surface area contributed by atoms with Gasteiger partial charge in [0.15, 0.2) is 0 Å². The summed E-state index contributed by atoms with van der Waals surface area (Å²) in [5.41, 5.74) is 11.0. The molecule has 3 N–H and O–H groups in total. The number of carbonyl (C=O) groups excluding carboxylic acids is 2. The number of thiazole rings is 1. The average molecular weight is 445 g/mol. The molecule has 0 aliphatic carbocycles. The number of nitrogens with two attached hydrogens (primary N) is 1. The Morgan fingerprint density at radius 1 is 1.32 bits per heavy atom. The lowest BCUT2D eigenvalue weighted by molar-refractivity contribution is -0.135. The van der Waals surface area contributed by atoms with Crippen molar-refractivity contribution in [1.29, 1.82) is 0 Å². The number of likely N-dealkylation sites (tertiary alicyclic amines) is 1. The number of nitrogens with one attached hydrogen (secondary N) is 1. The smallest absolute Gasteiger partial charge is 0.240 e. The van der Waals surface area contributed by atoms with Crippen molar-refractivity contribution in [1.82, 2.24) is 15.2 Å². The summed E-state index contributed by atoms with van der Waals surface area (Å²) < 4.78 is 0. The Balaban J connectivity index is 0.000000225. The average Bonchev–Trinajstić information content (AvgIpc) is 3.35. The van der Waals surface area contributed by atoms with Gasteiger partial charge in [-0.3, -0.25) is 9.59 Å². The van der Waals surface area contributed by atoms with E-state index in [9.17, 15) is 9.59 Å². The summed E-state index contributed by atoms with van der Waals surface area (Å²) in [6, 6.07) is 8.26.